The molecule has 0 amide bonds. The molecule has 2 rings (SSSR count). The molecule has 0 radical (unpaired) electrons. The summed E-state index contributed by atoms with van der Waals surface area (Å²) in [7, 11) is 0. The van der Waals surface area contributed by atoms with Crippen molar-refractivity contribution in [2.75, 3.05) is 5.32 Å². The van der Waals surface area contributed by atoms with Gasteiger partial charge in [0.05, 0.1) is 6.54 Å². The molecular weight excluding hydrogens is 252 g/mol. The Balaban J connectivity index is 1.84. The highest BCUT2D eigenvalue weighted by Gasteiger charge is 2.25. The number of anilines is 1. The Bertz CT molecular complexity index is 424. The first-order valence-electron chi connectivity index (χ1n) is 7.67. The smallest absolute Gasteiger partial charge is 0.315 e. The summed E-state index contributed by atoms with van der Waals surface area (Å²) in [6.07, 6.45) is 3.63. The van der Waals surface area contributed by atoms with E-state index in [0.717, 1.165) is 11.8 Å². The molecule has 0 aliphatic heterocycles. The molecule has 3 unspecified atom stereocenters. The van der Waals surface area contributed by atoms with Crippen molar-refractivity contribution in [1.82, 2.24) is 15.5 Å². The Hall–Kier alpha value is -1.10. The van der Waals surface area contributed by atoms with Crippen LogP contribution < -0.4 is 10.6 Å². The van der Waals surface area contributed by atoms with E-state index in [1.807, 2.05) is 0 Å². The van der Waals surface area contributed by atoms with Crippen molar-refractivity contribution < 1.29 is 4.42 Å². The van der Waals surface area contributed by atoms with Gasteiger partial charge in [0.25, 0.3) is 0 Å². The van der Waals surface area contributed by atoms with E-state index in [1.54, 1.807) is 0 Å². The van der Waals surface area contributed by atoms with Gasteiger partial charge in [-0.05, 0) is 51.9 Å². The third-order valence-corrected chi connectivity index (χ3v) is 4.16. The van der Waals surface area contributed by atoms with Crippen molar-refractivity contribution in [3.8, 4) is 0 Å². The van der Waals surface area contributed by atoms with Crippen molar-refractivity contribution in [2.24, 2.45) is 11.8 Å². The first kappa shape index (κ1) is 15.3. The van der Waals surface area contributed by atoms with Crippen molar-refractivity contribution >= 4 is 6.01 Å². The van der Waals surface area contributed by atoms with Crippen molar-refractivity contribution in [1.29, 1.82) is 0 Å². The summed E-state index contributed by atoms with van der Waals surface area (Å²) in [5, 5.41) is 14.9. The molecule has 1 aromatic rings. The van der Waals surface area contributed by atoms with Gasteiger partial charge in [-0.1, -0.05) is 18.9 Å². The first-order valence-corrected chi connectivity index (χ1v) is 7.67. The van der Waals surface area contributed by atoms with Crippen LogP contribution in [0.1, 0.15) is 59.8 Å². The van der Waals surface area contributed by atoms with Crippen LogP contribution in [0.25, 0.3) is 0 Å². The van der Waals surface area contributed by atoms with Crippen LogP contribution in [0.4, 0.5) is 6.01 Å². The van der Waals surface area contributed by atoms with Crippen LogP contribution in [0.15, 0.2) is 4.42 Å². The van der Waals surface area contributed by atoms with E-state index in [1.165, 1.54) is 19.3 Å². The Morgan fingerprint density at radius 1 is 1.15 bits per heavy atom. The molecule has 2 N–H and O–H groups in total. The molecule has 0 aromatic carbocycles. The predicted octanol–water partition coefficient (Wildman–Crippen LogP) is 3.19. The molecule has 114 valence electrons. The highest BCUT2D eigenvalue weighted by Crippen LogP contribution is 2.30. The topological polar surface area (TPSA) is 63.0 Å². The maximum atomic E-state index is 5.65. The summed E-state index contributed by atoms with van der Waals surface area (Å²) < 4.78 is 5.65. The summed E-state index contributed by atoms with van der Waals surface area (Å²) >= 11 is 0. The second kappa shape index (κ2) is 6.12. The molecule has 20 heavy (non-hydrogen) atoms. The third-order valence-electron chi connectivity index (χ3n) is 4.16. The maximum Gasteiger partial charge on any atom is 0.315 e. The molecule has 0 saturated heterocycles. The molecule has 0 spiro atoms. The summed E-state index contributed by atoms with van der Waals surface area (Å²) in [4.78, 5) is 0. The van der Waals surface area contributed by atoms with Crippen LogP contribution in [-0.2, 0) is 6.54 Å². The average molecular weight is 280 g/mol. The predicted molar refractivity (Wildman–Crippen MR) is 80.5 cm³/mol. The van der Waals surface area contributed by atoms with E-state index in [9.17, 15) is 0 Å². The van der Waals surface area contributed by atoms with Crippen LogP contribution in [0.5, 0.6) is 0 Å². The Kier molecular flexibility index (Phi) is 4.68. The van der Waals surface area contributed by atoms with E-state index in [4.69, 9.17) is 4.42 Å². The fraction of sp³-hybridized carbons (Fsp3) is 0.867. The Morgan fingerprint density at radius 3 is 2.55 bits per heavy atom. The van der Waals surface area contributed by atoms with Gasteiger partial charge >= 0.3 is 6.01 Å². The molecule has 3 atom stereocenters. The highest BCUT2D eigenvalue weighted by molar-refractivity contribution is 5.20. The minimum Gasteiger partial charge on any atom is -0.407 e. The molecule has 1 fully saturated rings. The van der Waals surface area contributed by atoms with Gasteiger partial charge in [0.2, 0.25) is 5.89 Å². The van der Waals surface area contributed by atoms with Gasteiger partial charge in [0.1, 0.15) is 0 Å². The van der Waals surface area contributed by atoms with Gasteiger partial charge in [-0.2, -0.15) is 0 Å². The molecule has 1 aliphatic carbocycles. The SMILES string of the molecule is CC1CCC(Nc2nnc(CNC(C)(C)C)o2)CC1C. The van der Waals surface area contributed by atoms with Gasteiger partial charge in [-0.25, -0.2) is 0 Å². The quantitative estimate of drug-likeness (QED) is 0.887. The standard InChI is InChI=1S/C15H28N4O/c1-10-6-7-12(8-11(10)2)17-14-19-18-13(20-14)9-16-15(3,4)5/h10-12,16H,6-9H2,1-5H3,(H,17,19). The van der Waals surface area contributed by atoms with Crippen LogP contribution in [0.3, 0.4) is 0 Å². The number of aromatic nitrogens is 2. The lowest BCUT2D eigenvalue weighted by molar-refractivity contribution is 0.258. The molecule has 1 aliphatic rings. The van der Waals surface area contributed by atoms with Crippen LogP contribution >= 0.6 is 0 Å². The second-order valence-electron chi connectivity index (χ2n) is 7.21. The van der Waals surface area contributed by atoms with E-state index in [0.29, 0.717) is 24.5 Å². The lowest BCUT2D eigenvalue weighted by Crippen LogP contribution is -2.35. The van der Waals surface area contributed by atoms with Crippen LogP contribution in [0.2, 0.25) is 0 Å². The Morgan fingerprint density at radius 2 is 1.90 bits per heavy atom. The minimum atomic E-state index is 0.0526. The number of rotatable bonds is 4. The van der Waals surface area contributed by atoms with Crippen molar-refractivity contribution in [3.63, 3.8) is 0 Å². The van der Waals surface area contributed by atoms with Gasteiger partial charge in [-0.15, -0.1) is 5.10 Å². The molecule has 1 aromatic heterocycles. The normalized spacial score (nSPS) is 27.6. The monoisotopic (exact) mass is 280 g/mol. The molecule has 1 saturated carbocycles. The van der Waals surface area contributed by atoms with E-state index in [2.05, 4.69) is 55.4 Å². The molecule has 0 bridgehead atoms. The number of nitrogens with zero attached hydrogens (tertiary/aromatic N) is 2. The summed E-state index contributed by atoms with van der Waals surface area (Å²) in [5.41, 5.74) is 0.0526. The second-order valence-corrected chi connectivity index (χ2v) is 7.21. The van der Waals surface area contributed by atoms with Gasteiger partial charge in [-0.3, -0.25) is 0 Å². The summed E-state index contributed by atoms with van der Waals surface area (Å²) in [5.74, 6) is 2.22. The lowest BCUT2D eigenvalue weighted by atomic mass is 9.79. The number of hydrogen-bond acceptors (Lipinski definition) is 5. The zero-order chi connectivity index (χ0) is 14.8. The fourth-order valence-corrected chi connectivity index (χ4v) is 2.58. The molecular formula is C15H28N4O. The zero-order valence-corrected chi connectivity index (χ0v) is 13.4. The van der Waals surface area contributed by atoms with E-state index < -0.39 is 0 Å². The zero-order valence-electron chi connectivity index (χ0n) is 13.4. The van der Waals surface area contributed by atoms with Gasteiger partial charge in [0.15, 0.2) is 0 Å². The molecule has 1 heterocycles. The summed E-state index contributed by atoms with van der Waals surface area (Å²) in [6.45, 7) is 11.6. The molecule has 5 nitrogen and oxygen atoms in total. The third kappa shape index (κ3) is 4.47. The van der Waals surface area contributed by atoms with Crippen LogP contribution in [0, 0.1) is 11.8 Å². The van der Waals surface area contributed by atoms with Gasteiger partial charge in [0, 0.05) is 11.6 Å². The average Bonchev–Trinajstić information content (AvgIpc) is 2.78. The minimum absolute atomic E-state index is 0.0526. The number of hydrogen-bond donors (Lipinski definition) is 2. The number of nitrogens with one attached hydrogen (secondary N) is 2. The Labute approximate surface area is 121 Å². The van der Waals surface area contributed by atoms with E-state index in [-0.39, 0.29) is 5.54 Å². The highest BCUT2D eigenvalue weighted by atomic mass is 16.4. The summed E-state index contributed by atoms with van der Waals surface area (Å²) in [6, 6.07) is 1.02. The van der Waals surface area contributed by atoms with Crippen LogP contribution in [-0.4, -0.2) is 21.8 Å². The van der Waals surface area contributed by atoms with Crippen molar-refractivity contribution in [3.05, 3.63) is 5.89 Å². The van der Waals surface area contributed by atoms with Crippen molar-refractivity contribution in [2.45, 2.75) is 72.0 Å². The largest absolute Gasteiger partial charge is 0.407 e. The van der Waals surface area contributed by atoms with Gasteiger partial charge < -0.3 is 15.1 Å². The molecule has 5 heteroatoms. The fourth-order valence-electron chi connectivity index (χ4n) is 2.58. The van der Waals surface area contributed by atoms with E-state index >= 15 is 0 Å². The maximum absolute atomic E-state index is 5.65. The first-order chi connectivity index (χ1) is 9.33. The lowest BCUT2D eigenvalue weighted by Gasteiger charge is -2.31.